The van der Waals surface area contributed by atoms with E-state index in [-0.39, 0.29) is 11.8 Å². The number of rotatable bonds is 31. The molecule has 9 nitrogen and oxygen atoms in total. The van der Waals surface area contributed by atoms with Crippen LogP contribution < -0.4 is 10.6 Å². The molecular formula is C32H64N2O7. The molecule has 0 aromatic heterocycles. The van der Waals surface area contributed by atoms with Crippen LogP contribution in [-0.2, 0) is 28.6 Å². The minimum atomic E-state index is -0.682. The smallest absolute Gasteiger partial charge is 0.303 e. The number of aliphatic carboxylic acids is 1. The normalized spacial score (nSPS) is 10.6. The van der Waals surface area contributed by atoms with Crippen molar-refractivity contribution in [2.45, 2.75) is 136 Å². The van der Waals surface area contributed by atoms with Crippen molar-refractivity contribution < 1.29 is 33.7 Å². The van der Waals surface area contributed by atoms with Gasteiger partial charge in [-0.2, -0.15) is 0 Å². The van der Waals surface area contributed by atoms with E-state index in [0.717, 1.165) is 38.5 Å². The third-order valence-corrected chi connectivity index (χ3v) is 6.40. The molecule has 0 rings (SSSR count). The summed E-state index contributed by atoms with van der Waals surface area (Å²) in [5.41, 5.74) is 0. The van der Waals surface area contributed by atoms with E-state index in [1.54, 1.807) is 0 Å². The molecule has 0 heterocycles. The summed E-state index contributed by atoms with van der Waals surface area (Å²) in [5, 5.41) is 14.3. The summed E-state index contributed by atoms with van der Waals surface area (Å²) >= 11 is 0. The average molecular weight is 589 g/mol. The van der Waals surface area contributed by atoms with E-state index in [4.69, 9.17) is 19.3 Å². The molecule has 2 amide bonds. The molecule has 0 bridgehead atoms. The quantitative estimate of drug-likeness (QED) is 0.0799. The predicted octanol–water partition coefficient (Wildman–Crippen LogP) is 6.42. The highest BCUT2D eigenvalue weighted by atomic mass is 16.5. The molecule has 0 unspecified atom stereocenters. The van der Waals surface area contributed by atoms with E-state index in [2.05, 4.69) is 10.6 Å². The molecule has 0 saturated carbocycles. The minimum Gasteiger partial charge on any atom is -0.481 e. The molecule has 9 heteroatoms. The van der Waals surface area contributed by atoms with Crippen LogP contribution in [0.5, 0.6) is 0 Å². The van der Waals surface area contributed by atoms with Crippen molar-refractivity contribution in [2.75, 3.05) is 52.7 Å². The second kappa shape index (κ2) is 36.3. The summed E-state index contributed by atoms with van der Waals surface area (Å²) in [6, 6.07) is 0. The van der Waals surface area contributed by atoms with Gasteiger partial charge in [0.25, 0.3) is 0 Å². The number of hydrogen-bond acceptors (Lipinski definition) is 6. The number of ether oxygens (including phenoxy) is 3. The molecule has 0 atom stereocenters. The van der Waals surface area contributed by atoms with Gasteiger partial charge in [-0.25, -0.2) is 0 Å². The van der Waals surface area contributed by atoms with Crippen LogP contribution >= 0.6 is 0 Å². The predicted molar refractivity (Wildman–Crippen MR) is 166 cm³/mol. The van der Waals surface area contributed by atoms with Crippen molar-refractivity contribution in [2.24, 2.45) is 0 Å². The zero-order valence-electron chi connectivity index (χ0n) is 26.8. The van der Waals surface area contributed by atoms with E-state index < -0.39 is 5.97 Å². The Morgan fingerprint density at radius 1 is 0.488 bits per heavy atom. The lowest BCUT2D eigenvalue weighted by Crippen LogP contribution is -2.27. The Bertz CT molecular complexity index is 576. The molecule has 0 aliphatic heterocycles. The zero-order valence-corrected chi connectivity index (χ0v) is 26.8. The zero-order chi connectivity index (χ0) is 30.7. The Morgan fingerprint density at radius 2 is 0.805 bits per heavy atom. The number of unbranched alkanes of at least 4 members (excludes halogenated alkanes) is 13. The summed E-state index contributed by atoms with van der Waals surface area (Å²) in [6.07, 6.45) is 18.8. The van der Waals surface area contributed by atoms with Gasteiger partial charge in [-0.3, -0.25) is 14.4 Å². The van der Waals surface area contributed by atoms with E-state index in [1.807, 2.05) is 20.8 Å². The fourth-order valence-corrected chi connectivity index (χ4v) is 4.15. The highest BCUT2D eigenvalue weighted by molar-refractivity contribution is 5.76. The van der Waals surface area contributed by atoms with Crippen molar-refractivity contribution in [3.8, 4) is 0 Å². The molecule has 0 radical (unpaired) electrons. The van der Waals surface area contributed by atoms with Crippen LogP contribution in [0.4, 0.5) is 0 Å². The van der Waals surface area contributed by atoms with Crippen molar-refractivity contribution in [1.29, 1.82) is 0 Å². The number of amides is 2. The van der Waals surface area contributed by atoms with E-state index >= 15 is 0 Å². The summed E-state index contributed by atoms with van der Waals surface area (Å²) in [7, 11) is 0. The Balaban J connectivity index is 0. The fourth-order valence-electron chi connectivity index (χ4n) is 4.15. The lowest BCUT2D eigenvalue weighted by molar-refractivity contribution is -0.137. The van der Waals surface area contributed by atoms with Gasteiger partial charge < -0.3 is 30.0 Å². The van der Waals surface area contributed by atoms with Gasteiger partial charge in [0.15, 0.2) is 0 Å². The summed E-state index contributed by atoms with van der Waals surface area (Å²) in [4.78, 5) is 33.6. The maximum Gasteiger partial charge on any atom is 0.303 e. The standard InChI is InChI=1S/C30H58N2O7.C2H6/c1-2-17-28(33)31-20-22-37-24-26-39-27-25-38-23-21-32-29(34)18-15-13-11-9-7-5-3-4-6-8-10-12-14-16-19-30(35)36;1-2/h2-27H2,1H3,(H,31,33)(H,32,34)(H,35,36);1-2H3. The largest absolute Gasteiger partial charge is 0.481 e. The monoisotopic (exact) mass is 588 g/mol. The van der Waals surface area contributed by atoms with Crippen molar-refractivity contribution >= 4 is 17.8 Å². The van der Waals surface area contributed by atoms with Gasteiger partial charge in [-0.05, 0) is 19.3 Å². The SMILES string of the molecule is CC.CCCC(=O)NCCOCCOCCOCCNC(=O)CCCCCCCCCCCCCCCCC(=O)O. The third-order valence-electron chi connectivity index (χ3n) is 6.40. The van der Waals surface area contributed by atoms with Crippen LogP contribution in [-0.4, -0.2) is 75.6 Å². The van der Waals surface area contributed by atoms with Crippen molar-refractivity contribution in [1.82, 2.24) is 10.6 Å². The molecule has 41 heavy (non-hydrogen) atoms. The molecule has 0 aromatic rings. The Labute approximate surface area is 251 Å². The van der Waals surface area contributed by atoms with Gasteiger partial charge >= 0.3 is 5.97 Å². The summed E-state index contributed by atoms with van der Waals surface area (Å²) in [6.45, 7) is 9.94. The first-order valence-electron chi connectivity index (χ1n) is 16.5. The van der Waals surface area contributed by atoms with Crippen molar-refractivity contribution in [3.63, 3.8) is 0 Å². The highest BCUT2D eigenvalue weighted by Gasteiger charge is 2.02. The molecule has 0 aliphatic carbocycles. The highest BCUT2D eigenvalue weighted by Crippen LogP contribution is 2.13. The molecule has 0 aromatic carbocycles. The number of nitrogens with one attached hydrogen (secondary N) is 2. The second-order valence-electron chi connectivity index (χ2n) is 10.1. The van der Waals surface area contributed by atoms with Gasteiger partial charge in [0.2, 0.25) is 11.8 Å². The maximum absolute atomic E-state index is 11.9. The topological polar surface area (TPSA) is 123 Å². The molecule has 244 valence electrons. The number of carboxylic acid groups (broad SMARTS) is 1. The molecule has 0 saturated heterocycles. The molecule has 0 spiro atoms. The van der Waals surface area contributed by atoms with Gasteiger partial charge in [-0.1, -0.05) is 97.8 Å². The Morgan fingerprint density at radius 3 is 1.17 bits per heavy atom. The van der Waals surface area contributed by atoms with Crippen LogP contribution in [0.1, 0.15) is 136 Å². The van der Waals surface area contributed by atoms with Crippen LogP contribution in [0.15, 0.2) is 0 Å². The first-order valence-corrected chi connectivity index (χ1v) is 16.5. The van der Waals surface area contributed by atoms with Gasteiger partial charge in [0, 0.05) is 32.4 Å². The summed E-state index contributed by atoms with van der Waals surface area (Å²) in [5.74, 6) is -0.523. The number of carbonyl (C=O) groups is 3. The van der Waals surface area contributed by atoms with Crippen molar-refractivity contribution in [3.05, 3.63) is 0 Å². The second-order valence-corrected chi connectivity index (χ2v) is 10.1. The van der Waals surface area contributed by atoms with E-state index in [0.29, 0.717) is 72.0 Å². The fraction of sp³-hybridized carbons (Fsp3) is 0.906. The first kappa shape index (κ1) is 41.4. The van der Waals surface area contributed by atoms with Gasteiger partial charge in [-0.15, -0.1) is 0 Å². The summed E-state index contributed by atoms with van der Waals surface area (Å²) < 4.78 is 16.3. The Kier molecular flexibility index (Phi) is 36.7. The molecule has 0 fully saturated rings. The average Bonchev–Trinajstić information content (AvgIpc) is 2.96. The van der Waals surface area contributed by atoms with Crippen LogP contribution in [0.25, 0.3) is 0 Å². The van der Waals surface area contributed by atoms with Crippen LogP contribution in [0, 0.1) is 0 Å². The maximum atomic E-state index is 11.9. The Hall–Kier alpha value is -1.71. The number of hydrogen-bond donors (Lipinski definition) is 3. The van der Waals surface area contributed by atoms with E-state index in [1.165, 1.54) is 57.8 Å². The molecule has 0 aliphatic rings. The van der Waals surface area contributed by atoms with Gasteiger partial charge in [0.05, 0.1) is 39.6 Å². The van der Waals surface area contributed by atoms with Crippen LogP contribution in [0.3, 0.4) is 0 Å². The van der Waals surface area contributed by atoms with Gasteiger partial charge in [0.1, 0.15) is 0 Å². The number of carboxylic acids is 1. The molecular weight excluding hydrogens is 524 g/mol. The van der Waals surface area contributed by atoms with Crippen LogP contribution in [0.2, 0.25) is 0 Å². The van der Waals surface area contributed by atoms with E-state index in [9.17, 15) is 14.4 Å². The first-order chi connectivity index (χ1) is 20.1. The molecule has 3 N–H and O–H groups in total. The lowest BCUT2D eigenvalue weighted by atomic mass is 10.0. The minimum absolute atomic E-state index is 0.0616. The third kappa shape index (κ3) is 38.3. The lowest BCUT2D eigenvalue weighted by Gasteiger charge is -2.08. The number of carbonyl (C=O) groups excluding carboxylic acids is 2.